The quantitative estimate of drug-likeness (QED) is 0.0341. The molecule has 3 atom stereocenters. The molecule has 0 heterocycles. The summed E-state index contributed by atoms with van der Waals surface area (Å²) in [7, 11) is 10.7. The molecule has 0 aliphatic heterocycles. The molecule has 0 aliphatic carbocycles. The predicted octanol–water partition coefficient (Wildman–Crippen LogP) is 16.9. The van der Waals surface area contributed by atoms with Gasteiger partial charge in [0.15, 0.2) is 0 Å². The SMILES string of the molecule is [B]=C(CCCCCC(CCCCCC(=O)OCC(CCCCCC)CCCCCCCC)N(CCCN(C)C)C(=O)CCCCCCCC(=O)OCC)OCC(CCCCCC)CCCCCCCC. The van der Waals surface area contributed by atoms with Crippen molar-refractivity contribution in [2.45, 2.75) is 310 Å². The van der Waals surface area contributed by atoms with Crippen molar-refractivity contribution in [3.63, 3.8) is 0 Å². The molecular formula is C61H118BN2O6. The molecule has 411 valence electrons. The molecule has 0 fully saturated rings. The van der Waals surface area contributed by atoms with Gasteiger partial charge in [0.25, 0.3) is 0 Å². The fraction of sp³-hybridized carbons (Fsp3) is 0.934. The molecule has 0 aromatic heterocycles. The van der Waals surface area contributed by atoms with Gasteiger partial charge < -0.3 is 9.47 Å². The van der Waals surface area contributed by atoms with Crippen LogP contribution in [-0.2, 0) is 28.6 Å². The number of ether oxygens (including phenoxy) is 3. The van der Waals surface area contributed by atoms with Crippen molar-refractivity contribution in [3.05, 3.63) is 0 Å². The van der Waals surface area contributed by atoms with Crippen LogP contribution in [0.25, 0.3) is 0 Å². The van der Waals surface area contributed by atoms with Crippen LogP contribution in [0.15, 0.2) is 0 Å². The number of unbranched alkanes of at least 4 members (excludes halogenated alkanes) is 24. The van der Waals surface area contributed by atoms with Crippen LogP contribution in [0.1, 0.15) is 304 Å². The Balaban J connectivity index is 5.45. The zero-order valence-corrected chi connectivity index (χ0v) is 47.9. The molecule has 0 saturated carbocycles. The van der Waals surface area contributed by atoms with Crippen LogP contribution in [0.2, 0.25) is 0 Å². The summed E-state index contributed by atoms with van der Waals surface area (Å²) in [5, 5.41) is 0. The molecule has 0 aliphatic rings. The molecule has 0 N–H and O–H groups in total. The monoisotopic (exact) mass is 986 g/mol. The van der Waals surface area contributed by atoms with E-state index in [9.17, 15) is 14.4 Å². The number of carbonyl (C=O) groups is 3. The summed E-state index contributed by atoms with van der Waals surface area (Å²) in [5.41, 5.74) is 0.693. The second-order valence-corrected chi connectivity index (χ2v) is 21.7. The second kappa shape index (κ2) is 52.0. The van der Waals surface area contributed by atoms with Gasteiger partial charge in [-0.05, 0) is 46.2 Å². The standard InChI is InChI=1S/C61H118BN2O6/c1-8-13-17-21-24-32-43-55(41-30-19-15-10-3)53-69-58(62)47-36-28-34-45-57(64(52-40-51-63(6)7)59(65)48-37-26-23-27-38-49-60(66)68-12-5)46-35-29-39-50-61(67)70-54-56(42-31-20-16-11-4)44-33-25-22-18-14-9-2/h55-57H,8-54H2,1-7H3. The van der Waals surface area contributed by atoms with Crippen LogP contribution in [0.4, 0.5) is 0 Å². The maximum absolute atomic E-state index is 14.1. The van der Waals surface area contributed by atoms with E-state index < -0.39 is 0 Å². The molecule has 9 heteroatoms. The van der Waals surface area contributed by atoms with Crippen molar-refractivity contribution in [1.82, 2.24) is 9.80 Å². The fourth-order valence-corrected chi connectivity index (χ4v) is 10.0. The van der Waals surface area contributed by atoms with Crippen molar-refractivity contribution in [2.24, 2.45) is 11.8 Å². The average Bonchev–Trinajstić information content (AvgIpc) is 3.34. The predicted molar refractivity (Wildman–Crippen MR) is 302 cm³/mol. The topological polar surface area (TPSA) is 85.4 Å². The first-order valence-electron chi connectivity index (χ1n) is 30.6. The Morgan fingerprint density at radius 1 is 0.386 bits per heavy atom. The van der Waals surface area contributed by atoms with E-state index in [0.29, 0.717) is 50.0 Å². The summed E-state index contributed by atoms with van der Waals surface area (Å²) in [4.78, 5) is 43.4. The summed E-state index contributed by atoms with van der Waals surface area (Å²) in [5.74, 6) is 1.20. The number of esters is 2. The molecule has 8 nitrogen and oxygen atoms in total. The molecule has 3 unspecified atom stereocenters. The first-order chi connectivity index (χ1) is 34.1. The molecular weight excluding hydrogens is 867 g/mol. The number of hydrogen-bond acceptors (Lipinski definition) is 7. The summed E-state index contributed by atoms with van der Waals surface area (Å²) in [6, 6.07) is 0.189. The number of hydrogen-bond donors (Lipinski definition) is 0. The van der Waals surface area contributed by atoms with Gasteiger partial charge in [0.05, 0.1) is 13.2 Å². The number of amides is 1. The number of carbonyl (C=O) groups excluding carboxylic acids is 3. The molecule has 0 aromatic rings. The van der Waals surface area contributed by atoms with Gasteiger partial charge in [0.1, 0.15) is 0 Å². The van der Waals surface area contributed by atoms with E-state index in [-0.39, 0.29) is 23.9 Å². The van der Waals surface area contributed by atoms with E-state index in [0.717, 1.165) is 116 Å². The fourth-order valence-electron chi connectivity index (χ4n) is 10.0. The minimum atomic E-state index is -0.113. The Kier molecular flexibility index (Phi) is 50.6. The Hall–Kier alpha value is -1.90. The number of rotatable bonds is 55. The third kappa shape index (κ3) is 44.8. The Morgan fingerprint density at radius 2 is 0.743 bits per heavy atom. The van der Waals surface area contributed by atoms with Crippen LogP contribution in [0.3, 0.4) is 0 Å². The Bertz CT molecular complexity index is 1130. The van der Waals surface area contributed by atoms with Crippen molar-refractivity contribution in [2.75, 3.05) is 47.0 Å². The molecule has 0 bridgehead atoms. The van der Waals surface area contributed by atoms with Crippen LogP contribution >= 0.6 is 0 Å². The average molecular weight is 986 g/mol. The van der Waals surface area contributed by atoms with E-state index in [1.807, 2.05) is 6.92 Å². The maximum atomic E-state index is 14.1. The van der Waals surface area contributed by atoms with Crippen molar-refractivity contribution in [3.8, 4) is 0 Å². The molecule has 0 spiro atoms. The second-order valence-electron chi connectivity index (χ2n) is 21.7. The molecule has 0 aromatic carbocycles. The summed E-state index contributed by atoms with van der Waals surface area (Å²) >= 11 is 0. The third-order valence-electron chi connectivity index (χ3n) is 14.6. The normalized spacial score (nSPS) is 12.8. The van der Waals surface area contributed by atoms with Crippen molar-refractivity contribution in [1.29, 1.82) is 0 Å². The van der Waals surface area contributed by atoms with Gasteiger partial charge in [-0.25, -0.2) is 0 Å². The third-order valence-corrected chi connectivity index (χ3v) is 14.6. The molecule has 0 rings (SSSR count). The van der Waals surface area contributed by atoms with E-state index in [2.05, 4.69) is 51.6 Å². The zero-order valence-electron chi connectivity index (χ0n) is 47.9. The van der Waals surface area contributed by atoms with Crippen molar-refractivity contribution < 1.29 is 28.6 Å². The van der Waals surface area contributed by atoms with E-state index >= 15 is 0 Å². The zero-order chi connectivity index (χ0) is 51.6. The Morgan fingerprint density at radius 3 is 1.20 bits per heavy atom. The van der Waals surface area contributed by atoms with Crippen LogP contribution in [-0.4, -0.2) is 93.8 Å². The molecule has 0 saturated heterocycles. The van der Waals surface area contributed by atoms with Gasteiger partial charge in [0, 0.05) is 6.42 Å². The molecule has 70 heavy (non-hydrogen) atoms. The Labute approximate surface area is 436 Å². The van der Waals surface area contributed by atoms with Gasteiger partial charge in [-0.1, -0.05) is 90.9 Å². The van der Waals surface area contributed by atoms with E-state index in [1.165, 1.54) is 154 Å². The summed E-state index contributed by atoms with van der Waals surface area (Å²) in [6.45, 7) is 14.4. The first kappa shape index (κ1) is 68.1. The van der Waals surface area contributed by atoms with Gasteiger partial charge in [-0.15, -0.1) is 0 Å². The molecule has 1 radical (unpaired) electrons. The molecule has 1 amide bonds. The van der Waals surface area contributed by atoms with Crippen LogP contribution in [0, 0.1) is 11.8 Å². The summed E-state index contributed by atoms with van der Waals surface area (Å²) < 4.78 is 17.3. The van der Waals surface area contributed by atoms with Crippen molar-refractivity contribution >= 4 is 31.0 Å². The van der Waals surface area contributed by atoms with Gasteiger partial charge in [-0.2, -0.15) is 0 Å². The first-order valence-corrected chi connectivity index (χ1v) is 30.6. The van der Waals surface area contributed by atoms with Crippen LogP contribution < -0.4 is 0 Å². The minimum absolute atomic E-state index is 0.0419. The summed E-state index contributed by atoms with van der Waals surface area (Å²) in [6.07, 6.45) is 46.7. The van der Waals surface area contributed by atoms with Gasteiger partial charge >= 0.3 is 263 Å². The van der Waals surface area contributed by atoms with E-state index in [1.54, 1.807) is 0 Å². The van der Waals surface area contributed by atoms with Gasteiger partial charge in [0.2, 0.25) is 0 Å². The van der Waals surface area contributed by atoms with Crippen LogP contribution in [0.5, 0.6) is 0 Å². The number of nitrogens with zero attached hydrogens (tertiary/aromatic N) is 2. The van der Waals surface area contributed by atoms with E-state index in [4.69, 9.17) is 21.7 Å². The van der Waals surface area contributed by atoms with Gasteiger partial charge in [-0.3, -0.25) is 9.59 Å².